The van der Waals surface area contributed by atoms with Gasteiger partial charge in [-0.1, -0.05) is 26.7 Å². The maximum Gasteiger partial charge on any atom is 0.0673 e. The Morgan fingerprint density at radius 1 is 1.60 bits per heavy atom. The van der Waals surface area contributed by atoms with Crippen molar-refractivity contribution in [3.05, 3.63) is 0 Å². The molecule has 2 atom stereocenters. The number of hydrogen-bond acceptors (Lipinski definition) is 1. The van der Waals surface area contributed by atoms with Gasteiger partial charge in [0.05, 0.1) is 5.60 Å². The van der Waals surface area contributed by atoms with E-state index in [1.54, 1.807) is 0 Å². The van der Waals surface area contributed by atoms with Gasteiger partial charge in [0.2, 0.25) is 0 Å². The molecule has 1 saturated carbocycles. The van der Waals surface area contributed by atoms with Crippen LogP contribution in [0.1, 0.15) is 46.0 Å². The topological polar surface area (TPSA) is 20.2 Å². The van der Waals surface area contributed by atoms with Gasteiger partial charge in [-0.05, 0) is 25.2 Å². The molecular weight excluding hydrogens is 124 g/mol. The van der Waals surface area contributed by atoms with Crippen molar-refractivity contribution in [2.75, 3.05) is 0 Å². The predicted octanol–water partition coefficient (Wildman–Crippen LogP) is 2.34. The third kappa shape index (κ3) is 1.34. The fourth-order valence-corrected chi connectivity index (χ4v) is 2.03. The SMILES string of the molecule is CCC[C@]1(O)CCC[C@H]1C. The van der Waals surface area contributed by atoms with Crippen molar-refractivity contribution >= 4 is 0 Å². The molecule has 0 heterocycles. The summed E-state index contributed by atoms with van der Waals surface area (Å²) in [5, 5.41) is 9.96. The van der Waals surface area contributed by atoms with E-state index in [4.69, 9.17) is 0 Å². The number of hydrogen-bond donors (Lipinski definition) is 1. The van der Waals surface area contributed by atoms with Crippen molar-refractivity contribution in [2.24, 2.45) is 5.92 Å². The van der Waals surface area contributed by atoms with E-state index in [1.165, 1.54) is 12.8 Å². The zero-order chi connectivity index (χ0) is 7.61. The van der Waals surface area contributed by atoms with Crippen molar-refractivity contribution in [3.8, 4) is 0 Å². The molecule has 1 nitrogen and oxygen atoms in total. The van der Waals surface area contributed by atoms with Crippen molar-refractivity contribution in [3.63, 3.8) is 0 Å². The van der Waals surface area contributed by atoms with Crippen molar-refractivity contribution < 1.29 is 5.11 Å². The second-order valence-corrected chi connectivity index (χ2v) is 3.65. The third-order valence-corrected chi connectivity index (χ3v) is 2.85. The minimum absolute atomic E-state index is 0.297. The van der Waals surface area contributed by atoms with Gasteiger partial charge in [-0.3, -0.25) is 0 Å². The zero-order valence-electron chi connectivity index (χ0n) is 7.06. The summed E-state index contributed by atoms with van der Waals surface area (Å²) in [5.41, 5.74) is -0.297. The maximum atomic E-state index is 9.96. The molecule has 0 aromatic heterocycles. The highest BCUT2D eigenvalue weighted by atomic mass is 16.3. The molecule has 10 heavy (non-hydrogen) atoms. The average molecular weight is 142 g/mol. The first-order valence-corrected chi connectivity index (χ1v) is 4.41. The Morgan fingerprint density at radius 3 is 2.70 bits per heavy atom. The van der Waals surface area contributed by atoms with Crippen LogP contribution in [-0.4, -0.2) is 10.7 Å². The normalized spacial score (nSPS) is 40.5. The first-order valence-electron chi connectivity index (χ1n) is 4.41. The lowest BCUT2D eigenvalue weighted by molar-refractivity contribution is 0.000419. The Hall–Kier alpha value is -0.0400. The van der Waals surface area contributed by atoms with Crippen LogP contribution in [0.4, 0.5) is 0 Å². The molecule has 1 rings (SSSR count). The molecule has 0 aromatic rings. The van der Waals surface area contributed by atoms with Gasteiger partial charge in [0.15, 0.2) is 0 Å². The first kappa shape index (κ1) is 8.06. The summed E-state index contributed by atoms with van der Waals surface area (Å²) < 4.78 is 0. The Bertz CT molecular complexity index is 111. The largest absolute Gasteiger partial charge is 0.390 e. The summed E-state index contributed by atoms with van der Waals surface area (Å²) >= 11 is 0. The smallest absolute Gasteiger partial charge is 0.0673 e. The highest BCUT2D eigenvalue weighted by Crippen LogP contribution is 2.38. The molecule has 1 aliphatic carbocycles. The van der Waals surface area contributed by atoms with Crippen LogP contribution in [-0.2, 0) is 0 Å². The van der Waals surface area contributed by atoms with Crippen LogP contribution in [0.5, 0.6) is 0 Å². The fraction of sp³-hybridized carbons (Fsp3) is 1.00. The Kier molecular flexibility index (Phi) is 2.35. The number of rotatable bonds is 2. The van der Waals surface area contributed by atoms with E-state index in [1.807, 2.05) is 0 Å². The molecule has 1 N–H and O–H groups in total. The van der Waals surface area contributed by atoms with E-state index in [9.17, 15) is 5.11 Å². The van der Waals surface area contributed by atoms with Gasteiger partial charge in [0.1, 0.15) is 0 Å². The molecular formula is C9H18O. The molecule has 0 amide bonds. The summed E-state index contributed by atoms with van der Waals surface area (Å²) in [6, 6.07) is 0. The van der Waals surface area contributed by atoms with Gasteiger partial charge in [-0.25, -0.2) is 0 Å². The lowest BCUT2D eigenvalue weighted by Crippen LogP contribution is -2.30. The highest BCUT2D eigenvalue weighted by Gasteiger charge is 2.36. The van der Waals surface area contributed by atoms with Crippen molar-refractivity contribution in [1.82, 2.24) is 0 Å². The molecule has 0 spiro atoms. The Morgan fingerprint density at radius 2 is 2.30 bits per heavy atom. The summed E-state index contributed by atoms with van der Waals surface area (Å²) in [6.45, 7) is 4.31. The van der Waals surface area contributed by atoms with Gasteiger partial charge < -0.3 is 5.11 Å². The molecule has 1 heteroatoms. The first-order chi connectivity index (χ1) is 4.69. The minimum Gasteiger partial charge on any atom is -0.390 e. The lowest BCUT2D eigenvalue weighted by Gasteiger charge is -2.26. The van der Waals surface area contributed by atoms with Gasteiger partial charge in [0, 0.05) is 0 Å². The van der Waals surface area contributed by atoms with E-state index >= 15 is 0 Å². The van der Waals surface area contributed by atoms with Crippen molar-refractivity contribution in [2.45, 2.75) is 51.6 Å². The highest BCUT2D eigenvalue weighted by molar-refractivity contribution is 4.89. The zero-order valence-corrected chi connectivity index (χ0v) is 7.06. The number of aliphatic hydroxyl groups is 1. The minimum atomic E-state index is -0.297. The molecule has 1 aliphatic rings. The van der Waals surface area contributed by atoms with Crippen LogP contribution in [0.25, 0.3) is 0 Å². The van der Waals surface area contributed by atoms with E-state index in [0.717, 1.165) is 19.3 Å². The van der Waals surface area contributed by atoms with Crippen LogP contribution >= 0.6 is 0 Å². The van der Waals surface area contributed by atoms with E-state index in [0.29, 0.717) is 5.92 Å². The Balaban J connectivity index is 2.48. The second-order valence-electron chi connectivity index (χ2n) is 3.65. The van der Waals surface area contributed by atoms with E-state index in [-0.39, 0.29) is 5.60 Å². The van der Waals surface area contributed by atoms with Crippen molar-refractivity contribution in [1.29, 1.82) is 0 Å². The van der Waals surface area contributed by atoms with Crippen LogP contribution in [0, 0.1) is 5.92 Å². The van der Waals surface area contributed by atoms with Crippen LogP contribution in [0.15, 0.2) is 0 Å². The van der Waals surface area contributed by atoms with Gasteiger partial charge in [0.25, 0.3) is 0 Å². The summed E-state index contributed by atoms with van der Waals surface area (Å²) in [4.78, 5) is 0. The summed E-state index contributed by atoms with van der Waals surface area (Å²) in [5.74, 6) is 0.535. The van der Waals surface area contributed by atoms with Crippen LogP contribution in [0.3, 0.4) is 0 Å². The summed E-state index contributed by atoms with van der Waals surface area (Å²) in [6.07, 6.45) is 5.57. The standard InChI is InChI=1S/C9H18O/c1-3-6-9(10)7-4-5-8(9)2/h8,10H,3-7H2,1-2H3/t8-,9+/m1/s1. The second kappa shape index (κ2) is 2.91. The molecule has 0 bridgehead atoms. The third-order valence-electron chi connectivity index (χ3n) is 2.85. The molecule has 0 unspecified atom stereocenters. The lowest BCUT2D eigenvalue weighted by atomic mass is 9.88. The van der Waals surface area contributed by atoms with E-state index < -0.39 is 0 Å². The molecule has 0 aromatic carbocycles. The maximum absolute atomic E-state index is 9.96. The monoisotopic (exact) mass is 142 g/mol. The van der Waals surface area contributed by atoms with Gasteiger partial charge >= 0.3 is 0 Å². The van der Waals surface area contributed by atoms with E-state index in [2.05, 4.69) is 13.8 Å². The average Bonchev–Trinajstić information content (AvgIpc) is 2.15. The molecule has 0 saturated heterocycles. The fourth-order valence-electron chi connectivity index (χ4n) is 2.03. The van der Waals surface area contributed by atoms with Gasteiger partial charge in [-0.2, -0.15) is 0 Å². The molecule has 60 valence electrons. The molecule has 0 radical (unpaired) electrons. The Labute approximate surface area is 63.4 Å². The van der Waals surface area contributed by atoms with Gasteiger partial charge in [-0.15, -0.1) is 0 Å². The summed E-state index contributed by atoms with van der Waals surface area (Å²) in [7, 11) is 0. The van der Waals surface area contributed by atoms with Crippen LogP contribution in [0.2, 0.25) is 0 Å². The predicted molar refractivity (Wildman–Crippen MR) is 42.9 cm³/mol. The molecule has 0 aliphatic heterocycles. The quantitative estimate of drug-likeness (QED) is 0.627. The van der Waals surface area contributed by atoms with Crippen LogP contribution < -0.4 is 0 Å². The molecule has 1 fully saturated rings.